The average molecular weight is 347 g/mol. The highest BCUT2D eigenvalue weighted by Gasteiger charge is 2.42. The van der Waals surface area contributed by atoms with Crippen molar-refractivity contribution in [1.29, 1.82) is 0 Å². The number of ether oxygens (including phenoxy) is 3. The van der Waals surface area contributed by atoms with Gasteiger partial charge >= 0.3 is 5.97 Å². The van der Waals surface area contributed by atoms with E-state index in [1.807, 2.05) is 20.8 Å². The van der Waals surface area contributed by atoms with E-state index in [2.05, 4.69) is 5.32 Å². The molecule has 1 aromatic carbocycles. The number of hydrogen-bond acceptors (Lipinski definition) is 5. The monoisotopic (exact) mass is 347 g/mol. The van der Waals surface area contributed by atoms with Crippen LogP contribution in [-0.4, -0.2) is 25.2 Å². The van der Waals surface area contributed by atoms with Gasteiger partial charge in [-0.15, -0.1) is 0 Å². The first-order valence-corrected chi connectivity index (χ1v) is 8.34. The Morgan fingerprint density at radius 3 is 2.40 bits per heavy atom. The van der Waals surface area contributed by atoms with Gasteiger partial charge in [-0.25, -0.2) is 9.18 Å². The predicted octanol–water partition coefficient (Wildman–Crippen LogP) is 3.34. The molecule has 3 rings (SSSR count). The number of carbonyl (C=O) groups is 1. The average Bonchev–Trinajstić information content (AvgIpc) is 2.53. The predicted molar refractivity (Wildman–Crippen MR) is 89.7 cm³/mol. The first-order chi connectivity index (χ1) is 11.9. The van der Waals surface area contributed by atoms with E-state index in [4.69, 9.17) is 14.2 Å². The van der Waals surface area contributed by atoms with E-state index < -0.39 is 18.2 Å². The van der Waals surface area contributed by atoms with E-state index in [0.717, 1.165) is 16.8 Å². The first kappa shape index (κ1) is 17.6. The Balaban J connectivity index is 2.08. The van der Waals surface area contributed by atoms with Crippen LogP contribution in [0.4, 0.5) is 4.39 Å². The van der Waals surface area contributed by atoms with Crippen LogP contribution < -0.4 is 5.32 Å². The van der Waals surface area contributed by atoms with Gasteiger partial charge in [-0.05, 0) is 45.4 Å². The summed E-state index contributed by atoms with van der Waals surface area (Å²) in [5, 5.41) is 3.22. The zero-order valence-electron chi connectivity index (χ0n) is 14.8. The number of benzene rings is 1. The normalized spacial score (nSPS) is 26.2. The molecule has 0 radical (unpaired) electrons. The third kappa shape index (κ3) is 3.32. The summed E-state index contributed by atoms with van der Waals surface area (Å²) in [6.07, 6.45) is -0.840. The SMILES string of the molecule is CCOC(=O)C1=C(C)NC(C)=C(C2OC(C)O2)C1c1ccc(F)cc1. The van der Waals surface area contributed by atoms with Crippen LogP contribution in [0.1, 0.15) is 39.2 Å². The molecule has 0 aromatic heterocycles. The van der Waals surface area contributed by atoms with Gasteiger partial charge in [0, 0.05) is 22.9 Å². The van der Waals surface area contributed by atoms with E-state index in [1.165, 1.54) is 12.1 Å². The minimum absolute atomic E-state index is 0.275. The smallest absolute Gasteiger partial charge is 0.336 e. The lowest BCUT2D eigenvalue weighted by molar-refractivity contribution is -0.360. The second kappa shape index (κ2) is 6.98. The fraction of sp³-hybridized carbons (Fsp3) is 0.421. The number of dihydropyridines is 1. The highest BCUT2D eigenvalue weighted by molar-refractivity contribution is 5.92. The molecule has 1 unspecified atom stereocenters. The van der Waals surface area contributed by atoms with Gasteiger partial charge in [-0.1, -0.05) is 12.1 Å². The molecule has 2 heterocycles. The Kier molecular flexibility index (Phi) is 4.92. The second-order valence-electron chi connectivity index (χ2n) is 6.12. The molecular formula is C19H22FNO4. The quantitative estimate of drug-likeness (QED) is 0.847. The number of allylic oxidation sites excluding steroid dienone is 2. The van der Waals surface area contributed by atoms with E-state index >= 15 is 0 Å². The summed E-state index contributed by atoms with van der Waals surface area (Å²) in [5.41, 5.74) is 3.64. The molecule has 0 bridgehead atoms. The molecule has 5 nitrogen and oxygen atoms in total. The molecule has 2 aliphatic rings. The maximum atomic E-state index is 13.4. The van der Waals surface area contributed by atoms with Crippen LogP contribution in [0.5, 0.6) is 0 Å². The summed E-state index contributed by atoms with van der Waals surface area (Å²) >= 11 is 0. The summed E-state index contributed by atoms with van der Waals surface area (Å²) in [6.45, 7) is 7.58. The van der Waals surface area contributed by atoms with Crippen LogP contribution in [-0.2, 0) is 19.0 Å². The lowest BCUT2D eigenvalue weighted by Crippen LogP contribution is -2.45. The number of nitrogens with one attached hydrogen (secondary N) is 1. The van der Waals surface area contributed by atoms with Crippen molar-refractivity contribution >= 4 is 5.97 Å². The van der Waals surface area contributed by atoms with Gasteiger partial charge in [0.25, 0.3) is 0 Å². The van der Waals surface area contributed by atoms with Gasteiger partial charge in [-0.3, -0.25) is 0 Å². The highest BCUT2D eigenvalue weighted by atomic mass is 19.1. The van der Waals surface area contributed by atoms with Crippen molar-refractivity contribution in [3.05, 3.63) is 58.2 Å². The fourth-order valence-corrected chi connectivity index (χ4v) is 3.31. The van der Waals surface area contributed by atoms with Crippen LogP contribution in [0.25, 0.3) is 0 Å². The number of halogens is 1. The van der Waals surface area contributed by atoms with Crippen molar-refractivity contribution < 1.29 is 23.4 Å². The summed E-state index contributed by atoms with van der Waals surface area (Å²) < 4.78 is 30.0. The van der Waals surface area contributed by atoms with Gasteiger partial charge in [0.15, 0.2) is 12.6 Å². The Morgan fingerprint density at radius 2 is 1.84 bits per heavy atom. The first-order valence-electron chi connectivity index (χ1n) is 8.34. The van der Waals surface area contributed by atoms with Gasteiger partial charge in [0.1, 0.15) is 5.82 Å². The Morgan fingerprint density at radius 1 is 1.20 bits per heavy atom. The largest absolute Gasteiger partial charge is 0.463 e. The molecule has 1 aromatic rings. The third-order valence-corrected chi connectivity index (χ3v) is 4.39. The topological polar surface area (TPSA) is 56.8 Å². The van der Waals surface area contributed by atoms with Crippen molar-refractivity contribution in [2.45, 2.75) is 46.2 Å². The van der Waals surface area contributed by atoms with Crippen LogP contribution in [0.2, 0.25) is 0 Å². The minimum atomic E-state index is -0.546. The van der Waals surface area contributed by atoms with E-state index in [-0.39, 0.29) is 18.7 Å². The van der Waals surface area contributed by atoms with Crippen LogP contribution in [0.15, 0.2) is 46.8 Å². The molecule has 0 aliphatic carbocycles. The maximum absolute atomic E-state index is 13.4. The molecular weight excluding hydrogens is 325 g/mol. The van der Waals surface area contributed by atoms with Crippen molar-refractivity contribution in [3.8, 4) is 0 Å². The fourth-order valence-electron chi connectivity index (χ4n) is 3.31. The van der Waals surface area contributed by atoms with Crippen molar-refractivity contribution in [1.82, 2.24) is 5.32 Å². The molecule has 1 atom stereocenters. The molecule has 2 aliphatic heterocycles. The highest BCUT2D eigenvalue weighted by Crippen LogP contribution is 2.43. The molecule has 1 saturated heterocycles. The Labute approximate surface area is 146 Å². The zero-order chi connectivity index (χ0) is 18.1. The molecule has 1 fully saturated rings. The number of esters is 1. The molecule has 6 heteroatoms. The summed E-state index contributed by atoms with van der Waals surface area (Å²) in [7, 11) is 0. The van der Waals surface area contributed by atoms with E-state index in [1.54, 1.807) is 19.1 Å². The molecule has 25 heavy (non-hydrogen) atoms. The maximum Gasteiger partial charge on any atom is 0.336 e. The van der Waals surface area contributed by atoms with Crippen molar-refractivity contribution in [3.63, 3.8) is 0 Å². The van der Waals surface area contributed by atoms with Crippen LogP contribution >= 0.6 is 0 Å². The van der Waals surface area contributed by atoms with Crippen molar-refractivity contribution in [2.75, 3.05) is 6.61 Å². The van der Waals surface area contributed by atoms with Crippen molar-refractivity contribution in [2.24, 2.45) is 0 Å². The lowest BCUT2D eigenvalue weighted by Gasteiger charge is -2.41. The van der Waals surface area contributed by atoms with Gasteiger partial charge in [0.2, 0.25) is 0 Å². The lowest BCUT2D eigenvalue weighted by atomic mass is 9.80. The molecule has 1 N–H and O–H groups in total. The Hall–Kier alpha value is -2.18. The zero-order valence-corrected chi connectivity index (χ0v) is 14.8. The molecule has 134 valence electrons. The molecule has 0 saturated carbocycles. The third-order valence-electron chi connectivity index (χ3n) is 4.39. The van der Waals surface area contributed by atoms with Gasteiger partial charge < -0.3 is 19.5 Å². The number of carbonyl (C=O) groups excluding carboxylic acids is 1. The van der Waals surface area contributed by atoms with Crippen LogP contribution in [0, 0.1) is 5.82 Å². The number of rotatable bonds is 4. The summed E-state index contributed by atoms with van der Waals surface area (Å²) in [4.78, 5) is 12.6. The van der Waals surface area contributed by atoms with E-state index in [0.29, 0.717) is 11.3 Å². The van der Waals surface area contributed by atoms with Crippen LogP contribution in [0.3, 0.4) is 0 Å². The number of hydrogen-bond donors (Lipinski definition) is 1. The summed E-state index contributed by atoms with van der Waals surface area (Å²) in [6, 6.07) is 6.11. The van der Waals surface area contributed by atoms with Gasteiger partial charge in [-0.2, -0.15) is 0 Å². The van der Waals surface area contributed by atoms with E-state index in [9.17, 15) is 9.18 Å². The molecule has 0 spiro atoms. The minimum Gasteiger partial charge on any atom is -0.463 e. The molecule has 0 amide bonds. The second-order valence-corrected chi connectivity index (χ2v) is 6.12. The Bertz CT molecular complexity index is 732. The summed E-state index contributed by atoms with van der Waals surface area (Å²) in [5.74, 6) is -1.15. The van der Waals surface area contributed by atoms with Gasteiger partial charge in [0.05, 0.1) is 12.2 Å². The standard InChI is InChI=1S/C19H22FNO4/c1-5-23-18(22)15-10(2)21-11(3)16(19-24-12(4)25-19)17(15)13-6-8-14(20)9-7-13/h6-9,12,17,19,21H,5H2,1-4H3.